The van der Waals surface area contributed by atoms with E-state index in [2.05, 4.69) is 0 Å². The summed E-state index contributed by atoms with van der Waals surface area (Å²) in [6.45, 7) is 0.664. The van der Waals surface area contributed by atoms with Crippen LogP contribution < -0.4 is 18.9 Å². The van der Waals surface area contributed by atoms with Gasteiger partial charge in [-0.15, -0.1) is 0 Å². The van der Waals surface area contributed by atoms with Crippen LogP contribution in [0.15, 0.2) is 18.2 Å². The molecule has 2 aliphatic heterocycles. The zero-order chi connectivity index (χ0) is 23.2. The van der Waals surface area contributed by atoms with Gasteiger partial charge in [0.2, 0.25) is 0 Å². The second-order valence-corrected chi connectivity index (χ2v) is 7.58. The number of rotatable bonds is 6. The number of hydrogen-bond acceptors (Lipinski definition) is 9. The molecule has 32 heavy (non-hydrogen) atoms. The SMILES string of the molecule is COc1cc2c(cc1OC)C(C1OC(=O)c3c(OC)c(OC)cc([N+](=O)[O-])c31)N(C)CC2. The molecule has 0 bridgehead atoms. The molecule has 170 valence electrons. The molecule has 2 aromatic carbocycles. The number of nitro benzene ring substituents is 1. The molecule has 2 aromatic rings. The Bertz CT molecular complexity index is 1100. The lowest BCUT2D eigenvalue weighted by Crippen LogP contribution is -2.36. The molecular formula is C22H24N2O8. The smallest absolute Gasteiger partial charge is 0.343 e. The fourth-order valence-electron chi connectivity index (χ4n) is 4.59. The Kier molecular flexibility index (Phi) is 5.55. The second kappa shape index (κ2) is 8.19. The van der Waals surface area contributed by atoms with Crippen molar-refractivity contribution in [3.8, 4) is 23.0 Å². The Morgan fingerprint density at radius 3 is 2.28 bits per heavy atom. The average molecular weight is 444 g/mol. The van der Waals surface area contributed by atoms with E-state index in [1.165, 1.54) is 20.3 Å². The molecule has 0 fully saturated rings. The topological polar surface area (TPSA) is 110 Å². The van der Waals surface area contributed by atoms with Crippen LogP contribution in [0, 0.1) is 10.1 Å². The highest BCUT2D eigenvalue weighted by Gasteiger charge is 2.48. The van der Waals surface area contributed by atoms with E-state index in [0.29, 0.717) is 18.0 Å². The Balaban J connectivity index is 1.95. The van der Waals surface area contributed by atoms with Gasteiger partial charge in [-0.1, -0.05) is 0 Å². The van der Waals surface area contributed by atoms with Crippen LogP contribution in [0.2, 0.25) is 0 Å². The predicted molar refractivity (Wildman–Crippen MR) is 113 cm³/mol. The number of likely N-dealkylation sites (N-methyl/N-ethyl adjacent to an activating group) is 1. The van der Waals surface area contributed by atoms with Crippen molar-refractivity contribution < 1.29 is 33.4 Å². The third-order valence-corrected chi connectivity index (χ3v) is 6.07. The van der Waals surface area contributed by atoms with Crippen LogP contribution in [0.5, 0.6) is 23.0 Å². The summed E-state index contributed by atoms with van der Waals surface area (Å²) in [5.74, 6) is 0.643. The summed E-state index contributed by atoms with van der Waals surface area (Å²) in [5, 5.41) is 12.0. The first-order valence-corrected chi connectivity index (χ1v) is 9.95. The van der Waals surface area contributed by atoms with E-state index in [-0.39, 0.29) is 28.3 Å². The number of hydrogen-bond donors (Lipinski definition) is 0. The molecular weight excluding hydrogens is 420 g/mol. The maximum atomic E-state index is 12.9. The Morgan fingerprint density at radius 2 is 1.69 bits per heavy atom. The highest BCUT2D eigenvalue weighted by Crippen LogP contribution is 2.53. The van der Waals surface area contributed by atoms with Crippen LogP contribution in [0.1, 0.15) is 39.2 Å². The second-order valence-electron chi connectivity index (χ2n) is 7.58. The molecule has 0 N–H and O–H groups in total. The van der Waals surface area contributed by atoms with Crippen molar-refractivity contribution in [2.75, 3.05) is 42.0 Å². The maximum Gasteiger partial charge on any atom is 0.343 e. The van der Waals surface area contributed by atoms with Crippen molar-refractivity contribution in [3.63, 3.8) is 0 Å². The molecule has 0 aliphatic carbocycles. The molecule has 10 nitrogen and oxygen atoms in total. The van der Waals surface area contributed by atoms with Gasteiger partial charge < -0.3 is 23.7 Å². The van der Waals surface area contributed by atoms with E-state index in [0.717, 1.165) is 17.5 Å². The fourth-order valence-corrected chi connectivity index (χ4v) is 4.59. The Morgan fingerprint density at radius 1 is 1.03 bits per heavy atom. The van der Waals surface area contributed by atoms with Crippen LogP contribution in [-0.2, 0) is 11.2 Å². The summed E-state index contributed by atoms with van der Waals surface area (Å²) in [5.41, 5.74) is 1.79. The molecule has 2 atom stereocenters. The van der Waals surface area contributed by atoms with Crippen molar-refractivity contribution >= 4 is 11.7 Å². The molecule has 2 heterocycles. The summed E-state index contributed by atoms with van der Waals surface area (Å²) in [7, 11) is 7.73. The number of carbonyl (C=O) groups excluding carboxylic acids is 1. The zero-order valence-electron chi connectivity index (χ0n) is 18.5. The largest absolute Gasteiger partial charge is 0.493 e. The van der Waals surface area contributed by atoms with Gasteiger partial charge in [0.1, 0.15) is 5.56 Å². The van der Waals surface area contributed by atoms with Crippen LogP contribution in [0.25, 0.3) is 0 Å². The van der Waals surface area contributed by atoms with Gasteiger partial charge in [-0.25, -0.2) is 4.79 Å². The molecule has 0 radical (unpaired) electrons. The molecule has 4 rings (SSSR count). The van der Waals surface area contributed by atoms with Gasteiger partial charge in [-0.05, 0) is 36.7 Å². The first-order valence-electron chi connectivity index (χ1n) is 9.95. The van der Waals surface area contributed by atoms with Gasteiger partial charge in [0.15, 0.2) is 29.1 Å². The van der Waals surface area contributed by atoms with Gasteiger partial charge in [-0.3, -0.25) is 15.0 Å². The van der Waals surface area contributed by atoms with Gasteiger partial charge in [-0.2, -0.15) is 0 Å². The minimum atomic E-state index is -0.917. The lowest BCUT2D eigenvalue weighted by Gasteiger charge is -2.37. The predicted octanol–water partition coefficient (Wildman–Crippen LogP) is 3.07. The molecule has 0 spiro atoms. The van der Waals surface area contributed by atoms with Gasteiger partial charge in [0.25, 0.3) is 5.69 Å². The molecule has 2 aliphatic rings. The number of nitro groups is 1. The third-order valence-electron chi connectivity index (χ3n) is 6.07. The third kappa shape index (κ3) is 3.18. The standard InChI is InChI=1S/C22H24N2O8/c1-23-7-6-11-8-14(28-2)15(29-3)9-12(11)19(23)21-17-13(24(26)27)10-16(30-4)20(31-5)18(17)22(25)32-21/h8-10,19,21H,6-7H2,1-5H3. The number of nitrogens with zero attached hydrogens (tertiary/aromatic N) is 2. The van der Waals surface area contributed by atoms with E-state index in [1.807, 2.05) is 24.1 Å². The molecule has 2 unspecified atom stereocenters. The van der Waals surface area contributed by atoms with Crippen molar-refractivity contribution in [2.45, 2.75) is 18.6 Å². The number of ether oxygens (including phenoxy) is 5. The molecule has 0 amide bonds. The lowest BCUT2D eigenvalue weighted by molar-refractivity contribution is -0.386. The molecule has 0 aromatic heterocycles. The van der Waals surface area contributed by atoms with Crippen molar-refractivity contribution in [1.29, 1.82) is 0 Å². The average Bonchev–Trinajstić information content (AvgIpc) is 3.13. The molecule has 0 saturated carbocycles. The normalized spacial score (nSPS) is 19.6. The van der Waals surface area contributed by atoms with E-state index < -0.39 is 23.0 Å². The van der Waals surface area contributed by atoms with E-state index in [1.54, 1.807) is 14.2 Å². The highest BCUT2D eigenvalue weighted by atomic mass is 16.6. The highest BCUT2D eigenvalue weighted by molar-refractivity contribution is 6.00. The van der Waals surface area contributed by atoms with Gasteiger partial charge in [0, 0.05) is 6.54 Å². The summed E-state index contributed by atoms with van der Waals surface area (Å²) >= 11 is 0. The molecule has 10 heteroatoms. The summed E-state index contributed by atoms with van der Waals surface area (Å²) < 4.78 is 27.3. The minimum Gasteiger partial charge on any atom is -0.493 e. The zero-order valence-corrected chi connectivity index (χ0v) is 18.5. The Hall–Kier alpha value is -3.53. The van der Waals surface area contributed by atoms with Crippen LogP contribution in [0.3, 0.4) is 0 Å². The van der Waals surface area contributed by atoms with Crippen LogP contribution >= 0.6 is 0 Å². The Labute approximate surface area is 184 Å². The van der Waals surface area contributed by atoms with E-state index >= 15 is 0 Å². The first-order chi connectivity index (χ1) is 15.4. The fraction of sp³-hybridized carbons (Fsp3) is 0.409. The quantitative estimate of drug-likeness (QED) is 0.377. The monoisotopic (exact) mass is 444 g/mol. The number of fused-ring (bicyclic) bond motifs is 2. The van der Waals surface area contributed by atoms with Crippen LogP contribution in [-0.4, -0.2) is 57.8 Å². The minimum absolute atomic E-state index is 0.0181. The number of esters is 1. The van der Waals surface area contributed by atoms with Crippen LogP contribution in [0.4, 0.5) is 5.69 Å². The molecule has 0 saturated heterocycles. The number of methoxy groups -OCH3 is 4. The summed E-state index contributed by atoms with van der Waals surface area (Å²) in [6.07, 6.45) is -0.176. The van der Waals surface area contributed by atoms with E-state index in [4.69, 9.17) is 23.7 Å². The van der Waals surface area contributed by atoms with Gasteiger partial charge in [0.05, 0.1) is 51.0 Å². The number of cyclic esters (lactones) is 1. The number of benzene rings is 2. The van der Waals surface area contributed by atoms with Gasteiger partial charge >= 0.3 is 5.97 Å². The summed E-state index contributed by atoms with van der Waals surface area (Å²) in [6, 6.07) is 4.53. The first kappa shape index (κ1) is 21.7. The van der Waals surface area contributed by atoms with Crippen molar-refractivity contribution in [2.24, 2.45) is 0 Å². The van der Waals surface area contributed by atoms with Crippen molar-refractivity contribution in [3.05, 3.63) is 50.6 Å². The maximum absolute atomic E-state index is 12.9. The lowest BCUT2D eigenvalue weighted by atomic mass is 9.85. The number of carbonyl (C=O) groups is 1. The van der Waals surface area contributed by atoms with Crippen molar-refractivity contribution in [1.82, 2.24) is 4.90 Å². The summed E-state index contributed by atoms with van der Waals surface area (Å²) in [4.78, 5) is 26.4. The van der Waals surface area contributed by atoms with E-state index in [9.17, 15) is 14.9 Å².